The second-order valence-electron chi connectivity index (χ2n) is 5.15. The van der Waals surface area contributed by atoms with Crippen molar-refractivity contribution in [2.75, 3.05) is 13.2 Å². The fourth-order valence-electron chi connectivity index (χ4n) is 2.94. The van der Waals surface area contributed by atoms with Gasteiger partial charge >= 0.3 is 17.8 Å². The molecule has 1 aliphatic carbocycles. The van der Waals surface area contributed by atoms with Crippen LogP contribution in [0.2, 0.25) is 0 Å². The highest BCUT2D eigenvalue weighted by atomic mass is 16.6. The van der Waals surface area contributed by atoms with E-state index in [9.17, 15) is 30.2 Å². The lowest BCUT2D eigenvalue weighted by molar-refractivity contribution is -0.402. The molecule has 0 N–H and O–H groups in total. The van der Waals surface area contributed by atoms with Gasteiger partial charge in [0.1, 0.15) is 10.7 Å². The van der Waals surface area contributed by atoms with Crippen molar-refractivity contribution in [1.82, 2.24) is 0 Å². The van der Waals surface area contributed by atoms with Crippen LogP contribution in [-0.2, 0) is 19.1 Å². The summed E-state index contributed by atoms with van der Waals surface area (Å²) in [6.45, 7) is 2.82. The average molecular weight is 347 g/mol. The molecule has 0 radical (unpaired) electrons. The zero-order chi connectivity index (χ0) is 18.8. The summed E-state index contributed by atoms with van der Waals surface area (Å²) in [5.41, 5.74) is -4.40. The van der Waals surface area contributed by atoms with E-state index in [1.54, 1.807) is 12.1 Å². The molecule has 25 heavy (non-hydrogen) atoms. The lowest BCUT2D eigenvalue weighted by Crippen LogP contribution is -2.30. The zero-order valence-corrected chi connectivity index (χ0v) is 13.3. The van der Waals surface area contributed by atoms with Crippen molar-refractivity contribution >= 4 is 17.8 Å². The lowest BCUT2D eigenvalue weighted by atomic mass is 9.95. The third-order valence-corrected chi connectivity index (χ3v) is 4.03. The third-order valence-electron chi connectivity index (χ3n) is 4.03. The maximum absolute atomic E-state index is 12.4. The molecule has 10 nitrogen and oxygen atoms in total. The maximum Gasteiger partial charge on any atom is 0.433 e. The first kappa shape index (κ1) is 17.9. The van der Waals surface area contributed by atoms with Gasteiger partial charge in [-0.3, -0.25) is 19.7 Å². The van der Waals surface area contributed by atoms with Crippen LogP contribution < -0.4 is 0 Å². The molecule has 10 heteroatoms. The largest absolute Gasteiger partial charge is 0.465 e. The molecule has 1 heterocycles. The van der Waals surface area contributed by atoms with Gasteiger partial charge in [0.25, 0.3) is 0 Å². The molecule has 0 unspecified atom stereocenters. The number of esters is 2. The van der Waals surface area contributed by atoms with E-state index in [4.69, 9.17) is 13.9 Å². The number of nitriles is 2. The van der Waals surface area contributed by atoms with Crippen molar-refractivity contribution in [3.05, 3.63) is 28.0 Å². The van der Waals surface area contributed by atoms with Crippen LogP contribution in [0, 0.1) is 43.6 Å². The number of carbonyl (C=O) groups is 2. The minimum atomic E-state index is -2.20. The molecule has 1 fully saturated rings. The van der Waals surface area contributed by atoms with E-state index in [0.29, 0.717) is 0 Å². The van der Waals surface area contributed by atoms with E-state index in [1.807, 2.05) is 0 Å². The van der Waals surface area contributed by atoms with Crippen LogP contribution in [0.25, 0.3) is 0 Å². The Morgan fingerprint density at radius 3 is 2.00 bits per heavy atom. The summed E-state index contributed by atoms with van der Waals surface area (Å²) >= 11 is 0. The molecule has 1 aromatic heterocycles. The summed E-state index contributed by atoms with van der Waals surface area (Å²) in [5.74, 6) is -4.40. The molecule has 0 amide bonds. The molecule has 130 valence electrons. The Balaban J connectivity index is 2.62. The van der Waals surface area contributed by atoms with E-state index in [2.05, 4.69) is 0 Å². The summed E-state index contributed by atoms with van der Waals surface area (Å²) in [7, 11) is 0. The monoisotopic (exact) mass is 347 g/mol. The van der Waals surface area contributed by atoms with E-state index in [0.717, 1.165) is 12.1 Å². The molecule has 2 atom stereocenters. The van der Waals surface area contributed by atoms with Crippen LogP contribution >= 0.6 is 0 Å². The van der Waals surface area contributed by atoms with Crippen LogP contribution in [0.1, 0.15) is 25.5 Å². The number of furan rings is 1. The third kappa shape index (κ3) is 2.22. The first-order chi connectivity index (χ1) is 11.9. The number of rotatable bonds is 6. The van der Waals surface area contributed by atoms with Crippen molar-refractivity contribution in [1.29, 1.82) is 10.5 Å². The Hall–Kier alpha value is -3.40. The van der Waals surface area contributed by atoms with Crippen molar-refractivity contribution < 1.29 is 28.4 Å². The SMILES string of the molecule is CCOC(=O)[C@@]1(C#N)C(c2ccc([N+](=O)[O-])o2)[C@]1(C#N)C(=O)OCC. The number of hydrogen-bond donors (Lipinski definition) is 0. The Morgan fingerprint density at radius 2 is 1.68 bits per heavy atom. The molecule has 0 saturated heterocycles. The molecule has 1 saturated carbocycles. The van der Waals surface area contributed by atoms with Crippen LogP contribution in [0.15, 0.2) is 16.5 Å². The number of nitrogens with zero attached hydrogens (tertiary/aromatic N) is 3. The van der Waals surface area contributed by atoms with Gasteiger partial charge in [0, 0.05) is 0 Å². The number of carbonyl (C=O) groups excluding carboxylic acids is 2. The summed E-state index contributed by atoms with van der Waals surface area (Å²) in [4.78, 5) is 34.7. The topological polar surface area (TPSA) is 156 Å². The highest BCUT2D eigenvalue weighted by Crippen LogP contribution is 2.75. The van der Waals surface area contributed by atoms with Gasteiger partial charge in [-0.05, 0) is 19.9 Å². The highest BCUT2D eigenvalue weighted by Gasteiger charge is 2.90. The number of hydrogen-bond acceptors (Lipinski definition) is 9. The first-order valence-corrected chi connectivity index (χ1v) is 7.28. The molecule has 0 bridgehead atoms. The minimum absolute atomic E-state index is 0.0857. The van der Waals surface area contributed by atoms with Crippen LogP contribution in [0.5, 0.6) is 0 Å². The van der Waals surface area contributed by atoms with Crippen molar-refractivity contribution in [3.63, 3.8) is 0 Å². The van der Waals surface area contributed by atoms with E-state index >= 15 is 0 Å². The van der Waals surface area contributed by atoms with Crippen LogP contribution in [0.4, 0.5) is 5.88 Å². The quantitative estimate of drug-likeness (QED) is 0.421. The van der Waals surface area contributed by atoms with Gasteiger partial charge < -0.3 is 13.9 Å². The predicted octanol–water partition coefficient (Wildman–Crippen LogP) is 1.43. The molecule has 1 aliphatic rings. The van der Waals surface area contributed by atoms with Gasteiger partial charge in [-0.2, -0.15) is 10.5 Å². The molecule has 0 aliphatic heterocycles. The Morgan fingerprint density at radius 1 is 1.20 bits per heavy atom. The fraction of sp³-hybridized carbons (Fsp3) is 0.467. The van der Waals surface area contributed by atoms with Crippen LogP contribution in [0.3, 0.4) is 0 Å². The minimum Gasteiger partial charge on any atom is -0.465 e. The lowest BCUT2D eigenvalue weighted by Gasteiger charge is -2.11. The second kappa shape index (κ2) is 6.24. The molecular weight excluding hydrogens is 334 g/mol. The standard InChI is InChI=1S/C15H13N3O7/c1-3-23-12(19)14(7-16)11(9-5-6-10(25-9)18(21)22)15(14,8-17)13(20)24-4-2/h5-6,11H,3-4H2,1-2H3/t14-,15-/m1/s1. The smallest absolute Gasteiger partial charge is 0.433 e. The molecule has 0 spiro atoms. The summed E-state index contributed by atoms with van der Waals surface area (Å²) in [6, 6.07) is 5.51. The number of nitro groups is 1. The summed E-state index contributed by atoms with van der Waals surface area (Å²) in [6.07, 6.45) is 0. The van der Waals surface area contributed by atoms with E-state index < -0.39 is 39.5 Å². The van der Waals surface area contributed by atoms with Gasteiger partial charge in [0.2, 0.25) is 0 Å². The van der Waals surface area contributed by atoms with E-state index in [-0.39, 0.29) is 19.0 Å². The fourth-order valence-corrected chi connectivity index (χ4v) is 2.94. The van der Waals surface area contributed by atoms with Gasteiger partial charge in [0.15, 0.2) is 10.8 Å². The van der Waals surface area contributed by atoms with Gasteiger partial charge in [0.05, 0.1) is 37.3 Å². The maximum atomic E-state index is 12.4. The predicted molar refractivity (Wildman–Crippen MR) is 77.5 cm³/mol. The van der Waals surface area contributed by atoms with Crippen LogP contribution in [-0.4, -0.2) is 30.1 Å². The Kier molecular flexibility index (Phi) is 4.48. The Bertz CT molecular complexity index is 776. The number of ether oxygens (including phenoxy) is 2. The summed E-state index contributed by atoms with van der Waals surface area (Å²) < 4.78 is 14.7. The molecule has 0 aromatic carbocycles. The normalized spacial score (nSPS) is 26.8. The van der Waals surface area contributed by atoms with Crippen molar-refractivity contribution in [3.8, 4) is 12.1 Å². The van der Waals surface area contributed by atoms with Crippen molar-refractivity contribution in [2.24, 2.45) is 10.8 Å². The highest BCUT2D eigenvalue weighted by molar-refractivity contribution is 6.02. The molecule has 2 rings (SSSR count). The first-order valence-electron chi connectivity index (χ1n) is 7.28. The second-order valence-corrected chi connectivity index (χ2v) is 5.15. The molecular formula is C15H13N3O7. The zero-order valence-electron chi connectivity index (χ0n) is 13.3. The average Bonchev–Trinajstić information content (AvgIpc) is 2.91. The van der Waals surface area contributed by atoms with Crippen molar-refractivity contribution in [2.45, 2.75) is 19.8 Å². The van der Waals surface area contributed by atoms with Gasteiger partial charge in [-0.1, -0.05) is 0 Å². The van der Waals surface area contributed by atoms with Gasteiger partial charge in [-0.15, -0.1) is 0 Å². The van der Waals surface area contributed by atoms with E-state index in [1.165, 1.54) is 13.8 Å². The summed E-state index contributed by atoms with van der Waals surface area (Å²) in [5, 5.41) is 30.0. The van der Waals surface area contributed by atoms with Gasteiger partial charge in [-0.25, -0.2) is 0 Å². The Labute approximate surface area is 141 Å². The molecule has 1 aromatic rings.